The summed E-state index contributed by atoms with van der Waals surface area (Å²) >= 11 is 0.329. The Morgan fingerprint density at radius 2 is 1.65 bits per heavy atom. The van der Waals surface area contributed by atoms with E-state index >= 15 is 0 Å². The predicted molar refractivity (Wildman–Crippen MR) is 79.4 cm³/mol. The molecule has 26 heavy (non-hydrogen) atoms. The molecule has 4 nitrogen and oxygen atoms in total. The number of halogens is 7. The normalized spacial score (nSPS) is 15.2. The van der Waals surface area contributed by atoms with Crippen molar-refractivity contribution < 1.29 is 44.3 Å². The third-order valence-electron chi connectivity index (χ3n) is 2.71. The smallest absolute Gasteiger partial charge is 0.417 e. The van der Waals surface area contributed by atoms with E-state index in [1.54, 1.807) is 6.07 Å². The molecule has 146 valence electrons. The van der Waals surface area contributed by atoms with Gasteiger partial charge in [0, 0.05) is 5.75 Å². The molecule has 0 heterocycles. The maximum Gasteiger partial charge on any atom is 0.459 e. The molecule has 1 aromatic carbocycles. The molecule has 1 aromatic rings. The highest BCUT2D eigenvalue weighted by molar-refractivity contribution is 8.55. The van der Waals surface area contributed by atoms with E-state index in [2.05, 4.69) is 4.52 Å². The number of rotatable bonds is 8. The first-order valence-electron chi connectivity index (χ1n) is 6.69. The predicted octanol–water partition coefficient (Wildman–Crippen LogP) is 5.65. The molecule has 0 amide bonds. The first kappa shape index (κ1) is 22.6. The van der Waals surface area contributed by atoms with Gasteiger partial charge in [-0.2, -0.15) is 36.0 Å². The Morgan fingerprint density at radius 3 is 2.08 bits per heavy atom. The summed E-state index contributed by atoms with van der Waals surface area (Å²) in [5, 5.41) is 8.64. The van der Waals surface area contributed by atoms with Crippen molar-refractivity contribution in [3.05, 3.63) is 29.8 Å². The molecule has 13 heteroatoms. The Bertz CT molecular complexity index is 703. The van der Waals surface area contributed by atoms with Crippen LogP contribution in [0.25, 0.3) is 0 Å². The summed E-state index contributed by atoms with van der Waals surface area (Å²) in [5.41, 5.74) is 0.188. The lowest BCUT2D eigenvalue weighted by molar-refractivity contribution is -0.358. The van der Waals surface area contributed by atoms with E-state index in [4.69, 9.17) is 9.79 Å². The van der Waals surface area contributed by atoms with Crippen molar-refractivity contribution in [2.24, 2.45) is 0 Å². The SMILES string of the molecule is CCSP(=O)(OCC(F)(F)C(F)(F)C(F)(F)F)Oc1ccc(C#N)cc1. The van der Waals surface area contributed by atoms with Crippen LogP contribution in [0.3, 0.4) is 0 Å². The van der Waals surface area contributed by atoms with Crippen LogP contribution >= 0.6 is 18.2 Å². The Morgan fingerprint density at radius 1 is 1.12 bits per heavy atom. The van der Waals surface area contributed by atoms with E-state index in [-0.39, 0.29) is 17.1 Å². The lowest BCUT2D eigenvalue weighted by Crippen LogP contribution is -2.54. The zero-order valence-electron chi connectivity index (χ0n) is 12.9. The highest BCUT2D eigenvalue weighted by Crippen LogP contribution is 2.61. The maximum absolute atomic E-state index is 13.3. The van der Waals surface area contributed by atoms with Gasteiger partial charge < -0.3 is 4.52 Å². The van der Waals surface area contributed by atoms with Crippen LogP contribution in [0, 0.1) is 11.3 Å². The molecular weight excluding hydrogens is 414 g/mol. The monoisotopic (exact) mass is 425 g/mol. The van der Waals surface area contributed by atoms with Gasteiger partial charge in [0.25, 0.3) is 0 Å². The van der Waals surface area contributed by atoms with Gasteiger partial charge in [-0.3, -0.25) is 4.52 Å². The fraction of sp³-hybridized carbons (Fsp3) is 0.462. The van der Waals surface area contributed by atoms with Crippen molar-refractivity contribution in [1.82, 2.24) is 0 Å². The number of alkyl halides is 7. The number of hydrogen-bond donors (Lipinski definition) is 0. The van der Waals surface area contributed by atoms with Gasteiger partial charge in [0.2, 0.25) is 0 Å². The molecule has 1 rings (SSSR count). The Kier molecular flexibility index (Phi) is 7.01. The van der Waals surface area contributed by atoms with Crippen molar-refractivity contribution in [1.29, 1.82) is 5.26 Å². The minimum Gasteiger partial charge on any atom is -0.417 e. The molecule has 0 aliphatic heterocycles. The van der Waals surface area contributed by atoms with Crippen molar-refractivity contribution in [3.63, 3.8) is 0 Å². The second-order valence-electron chi connectivity index (χ2n) is 4.64. The molecule has 0 bridgehead atoms. The largest absolute Gasteiger partial charge is 0.459 e. The van der Waals surface area contributed by atoms with E-state index in [1.165, 1.54) is 19.1 Å². The topological polar surface area (TPSA) is 59.3 Å². The van der Waals surface area contributed by atoms with Crippen LogP contribution in [0.1, 0.15) is 12.5 Å². The molecule has 0 saturated heterocycles. The van der Waals surface area contributed by atoms with Crippen molar-refractivity contribution in [2.75, 3.05) is 12.4 Å². The molecular formula is C13H11F7NO3PS. The molecule has 0 spiro atoms. The standard InChI is InChI=1S/C13H11F7NO3PS/c1-2-26-25(22,24-10-5-3-9(7-21)4-6-10)23-8-11(14,15)12(16,17)13(18,19)20/h3-6H,2,8H2,1H3. The molecule has 0 N–H and O–H groups in total. The summed E-state index contributed by atoms with van der Waals surface area (Å²) in [6, 6.07) is 6.48. The molecule has 0 saturated carbocycles. The van der Waals surface area contributed by atoms with Crippen LogP contribution in [0.2, 0.25) is 0 Å². The van der Waals surface area contributed by atoms with Crippen LogP contribution in [0.15, 0.2) is 24.3 Å². The minimum absolute atomic E-state index is 0.0329. The zero-order valence-corrected chi connectivity index (χ0v) is 14.6. The van der Waals surface area contributed by atoms with E-state index in [9.17, 15) is 35.3 Å². The Balaban J connectivity index is 2.96. The lowest BCUT2D eigenvalue weighted by atomic mass is 10.2. The van der Waals surface area contributed by atoms with Crippen molar-refractivity contribution in [3.8, 4) is 11.8 Å². The summed E-state index contributed by atoms with van der Waals surface area (Å²) in [5.74, 6) is -12.3. The first-order chi connectivity index (χ1) is 11.8. The summed E-state index contributed by atoms with van der Waals surface area (Å²) in [6.45, 7) is -5.59. The van der Waals surface area contributed by atoms with E-state index in [0.717, 1.165) is 12.1 Å². The van der Waals surface area contributed by atoms with Crippen LogP contribution in [-0.4, -0.2) is 30.4 Å². The van der Waals surface area contributed by atoms with Gasteiger partial charge in [-0.05, 0) is 35.6 Å². The van der Waals surface area contributed by atoms with E-state index in [0.29, 0.717) is 11.4 Å². The zero-order chi connectivity index (χ0) is 20.2. The summed E-state index contributed by atoms with van der Waals surface area (Å²) in [7, 11) is 0. The van der Waals surface area contributed by atoms with Gasteiger partial charge in [-0.1, -0.05) is 6.92 Å². The Labute approximate surface area is 147 Å². The van der Waals surface area contributed by atoms with Crippen LogP contribution in [-0.2, 0) is 9.09 Å². The van der Waals surface area contributed by atoms with Crippen LogP contribution in [0.4, 0.5) is 30.7 Å². The van der Waals surface area contributed by atoms with Gasteiger partial charge in [-0.15, -0.1) is 0 Å². The van der Waals surface area contributed by atoms with Gasteiger partial charge in [0.15, 0.2) is 0 Å². The highest BCUT2D eigenvalue weighted by atomic mass is 32.7. The van der Waals surface area contributed by atoms with Crippen molar-refractivity contribution in [2.45, 2.75) is 24.9 Å². The lowest BCUT2D eigenvalue weighted by Gasteiger charge is -2.29. The fourth-order valence-corrected chi connectivity index (χ4v) is 4.37. The second kappa shape index (κ2) is 8.06. The summed E-state index contributed by atoms with van der Waals surface area (Å²) in [6.07, 6.45) is -6.52. The van der Waals surface area contributed by atoms with Gasteiger partial charge >= 0.3 is 24.8 Å². The third-order valence-corrected chi connectivity index (χ3v) is 6.42. The number of benzene rings is 1. The molecule has 0 radical (unpaired) electrons. The first-order valence-corrected chi connectivity index (χ1v) is 9.82. The molecule has 0 aromatic heterocycles. The average Bonchev–Trinajstić information content (AvgIpc) is 2.53. The molecule has 1 unspecified atom stereocenters. The molecule has 0 aliphatic rings. The summed E-state index contributed by atoms with van der Waals surface area (Å²) in [4.78, 5) is 0. The number of hydrogen-bond acceptors (Lipinski definition) is 5. The second-order valence-corrected chi connectivity index (χ2v) is 8.93. The minimum atomic E-state index is -6.52. The molecule has 0 aliphatic carbocycles. The van der Waals surface area contributed by atoms with Gasteiger partial charge in [0.05, 0.1) is 11.6 Å². The van der Waals surface area contributed by atoms with Crippen molar-refractivity contribution >= 4 is 18.2 Å². The number of nitriles is 1. The van der Waals surface area contributed by atoms with Crippen LogP contribution < -0.4 is 4.52 Å². The number of nitrogens with zero attached hydrogens (tertiary/aromatic N) is 1. The maximum atomic E-state index is 13.3. The quantitative estimate of drug-likeness (QED) is 0.398. The van der Waals surface area contributed by atoms with E-state index < -0.39 is 31.4 Å². The van der Waals surface area contributed by atoms with Gasteiger partial charge in [0.1, 0.15) is 12.4 Å². The van der Waals surface area contributed by atoms with E-state index in [1.807, 2.05) is 0 Å². The van der Waals surface area contributed by atoms with Crippen LogP contribution in [0.5, 0.6) is 5.75 Å². The van der Waals surface area contributed by atoms with Gasteiger partial charge in [-0.25, -0.2) is 4.57 Å². The highest BCUT2D eigenvalue weighted by Gasteiger charge is 2.73. The summed E-state index contributed by atoms with van der Waals surface area (Å²) < 4.78 is 110. The molecule has 0 fully saturated rings. The fourth-order valence-electron chi connectivity index (χ4n) is 1.43. The molecule has 1 atom stereocenters. The average molecular weight is 425 g/mol. The Hall–Kier alpha value is -1.44. The third kappa shape index (κ3) is 5.28.